The van der Waals surface area contributed by atoms with E-state index in [1.54, 1.807) is 4.68 Å². The van der Waals surface area contributed by atoms with Gasteiger partial charge in [-0.1, -0.05) is 31.2 Å². The first-order valence-corrected chi connectivity index (χ1v) is 7.60. The number of aryl methyl sites for hydroxylation is 1. The smallest absolute Gasteiger partial charge is 0.271 e. The number of aldehydes is 1. The van der Waals surface area contributed by atoms with Gasteiger partial charge in [0.2, 0.25) is 0 Å². The highest BCUT2D eigenvalue weighted by Gasteiger charge is 2.13. The minimum atomic E-state index is -0.303. The zero-order chi connectivity index (χ0) is 16.8. The molecular formula is C18H21N3O2. The number of carbonyl (C=O) groups excluding carboxylic acids is 2. The zero-order valence-corrected chi connectivity index (χ0v) is 13.7. The second-order valence-electron chi connectivity index (χ2n) is 5.31. The fourth-order valence-electron chi connectivity index (χ4n) is 2.28. The van der Waals surface area contributed by atoms with Crippen LogP contribution in [0.2, 0.25) is 0 Å². The number of allylic oxidation sites excluding steroid dienone is 1. The Morgan fingerprint density at radius 1 is 1.35 bits per heavy atom. The van der Waals surface area contributed by atoms with Gasteiger partial charge in [0, 0.05) is 7.05 Å². The largest absolute Gasteiger partial charge is 0.354 e. The van der Waals surface area contributed by atoms with E-state index < -0.39 is 0 Å². The topological polar surface area (TPSA) is 64.0 Å². The number of carbonyl (C=O) groups is 2. The van der Waals surface area contributed by atoms with Crippen molar-refractivity contribution >= 4 is 18.3 Å². The van der Waals surface area contributed by atoms with Crippen molar-refractivity contribution < 1.29 is 9.59 Å². The van der Waals surface area contributed by atoms with E-state index >= 15 is 0 Å². The van der Waals surface area contributed by atoms with Crippen LogP contribution >= 0.6 is 0 Å². The Morgan fingerprint density at radius 2 is 2.13 bits per heavy atom. The van der Waals surface area contributed by atoms with Crippen molar-refractivity contribution in [2.45, 2.75) is 26.8 Å². The first kappa shape index (κ1) is 16.7. The van der Waals surface area contributed by atoms with Crippen molar-refractivity contribution in [3.63, 3.8) is 0 Å². The molecule has 5 heteroatoms. The lowest BCUT2D eigenvalue weighted by atomic mass is 10.0. The molecule has 2 rings (SSSR count). The minimum absolute atomic E-state index is 0.243. The Bertz CT molecular complexity index is 745. The maximum Gasteiger partial charge on any atom is 0.271 e. The van der Waals surface area contributed by atoms with Crippen LogP contribution in [0.5, 0.6) is 0 Å². The van der Waals surface area contributed by atoms with E-state index in [-0.39, 0.29) is 11.6 Å². The molecule has 0 unspecified atom stereocenters. The van der Waals surface area contributed by atoms with Gasteiger partial charge in [0.05, 0.1) is 6.54 Å². The minimum Gasteiger partial charge on any atom is -0.354 e. The summed E-state index contributed by atoms with van der Waals surface area (Å²) in [6.07, 6.45) is 5.90. The molecule has 1 N–H and O–H groups in total. The van der Waals surface area contributed by atoms with E-state index in [1.165, 1.54) is 18.7 Å². The average molecular weight is 311 g/mol. The third-order valence-corrected chi connectivity index (χ3v) is 3.60. The summed E-state index contributed by atoms with van der Waals surface area (Å²) in [5.41, 5.74) is 4.00. The van der Waals surface area contributed by atoms with Crippen molar-refractivity contribution in [3.05, 3.63) is 58.4 Å². The van der Waals surface area contributed by atoms with Gasteiger partial charge in [-0.05, 0) is 42.2 Å². The van der Waals surface area contributed by atoms with Gasteiger partial charge >= 0.3 is 0 Å². The summed E-state index contributed by atoms with van der Waals surface area (Å²) in [7, 11) is 1.54. The van der Waals surface area contributed by atoms with Gasteiger partial charge in [-0.25, -0.2) is 0 Å². The van der Waals surface area contributed by atoms with E-state index in [0.29, 0.717) is 18.5 Å². The average Bonchev–Trinajstić information content (AvgIpc) is 2.97. The molecule has 0 aliphatic rings. The molecule has 0 bridgehead atoms. The van der Waals surface area contributed by atoms with Crippen LogP contribution < -0.4 is 5.32 Å². The number of aromatic nitrogens is 2. The summed E-state index contributed by atoms with van der Waals surface area (Å²) in [4.78, 5) is 22.9. The van der Waals surface area contributed by atoms with Crippen molar-refractivity contribution in [2.24, 2.45) is 0 Å². The predicted octanol–water partition coefficient (Wildman–Crippen LogP) is 2.84. The molecule has 0 spiro atoms. The summed E-state index contributed by atoms with van der Waals surface area (Å²) < 4.78 is 1.55. The molecule has 1 heterocycles. The Kier molecular flexibility index (Phi) is 5.46. The molecule has 0 saturated heterocycles. The quantitative estimate of drug-likeness (QED) is 0.834. The Morgan fingerprint density at radius 3 is 2.78 bits per heavy atom. The second-order valence-corrected chi connectivity index (χ2v) is 5.31. The summed E-state index contributed by atoms with van der Waals surface area (Å²) in [6.45, 7) is 4.60. The van der Waals surface area contributed by atoms with Gasteiger partial charge in [0.1, 0.15) is 5.69 Å². The highest BCUT2D eigenvalue weighted by Crippen LogP contribution is 2.15. The van der Waals surface area contributed by atoms with Gasteiger partial charge < -0.3 is 5.32 Å². The van der Waals surface area contributed by atoms with Crippen LogP contribution in [0, 0.1) is 6.92 Å². The van der Waals surface area contributed by atoms with Crippen LogP contribution in [0.3, 0.4) is 0 Å². The third-order valence-electron chi connectivity index (χ3n) is 3.60. The lowest BCUT2D eigenvalue weighted by molar-refractivity contribution is 0.0957. The highest BCUT2D eigenvalue weighted by atomic mass is 16.2. The van der Waals surface area contributed by atoms with Crippen molar-refractivity contribution in [1.29, 1.82) is 0 Å². The Hall–Kier alpha value is -2.69. The van der Waals surface area contributed by atoms with Crippen molar-refractivity contribution in [3.8, 4) is 0 Å². The van der Waals surface area contributed by atoms with Crippen molar-refractivity contribution in [2.75, 3.05) is 7.05 Å². The first-order chi connectivity index (χ1) is 11.1. The summed E-state index contributed by atoms with van der Waals surface area (Å²) in [5.74, 6) is -0.303. The molecule has 23 heavy (non-hydrogen) atoms. The molecule has 0 saturated carbocycles. The Labute approximate surface area is 136 Å². The number of hydrogen-bond donors (Lipinski definition) is 1. The van der Waals surface area contributed by atoms with Gasteiger partial charge in [0.15, 0.2) is 12.0 Å². The zero-order valence-electron chi connectivity index (χ0n) is 13.7. The first-order valence-electron chi connectivity index (χ1n) is 7.60. The monoisotopic (exact) mass is 311 g/mol. The maximum atomic E-state index is 11.7. The maximum absolute atomic E-state index is 11.7. The molecule has 0 aliphatic heterocycles. The van der Waals surface area contributed by atoms with Gasteiger partial charge in [0.25, 0.3) is 5.91 Å². The number of nitrogens with one attached hydrogen (secondary N) is 1. The molecule has 120 valence electrons. The molecule has 1 aromatic carbocycles. The molecule has 0 fully saturated rings. The van der Waals surface area contributed by atoms with E-state index in [0.717, 1.165) is 17.5 Å². The number of amides is 1. The normalized spacial score (nSPS) is 10.9. The molecule has 0 aliphatic carbocycles. The fourth-order valence-corrected chi connectivity index (χ4v) is 2.28. The molecule has 5 nitrogen and oxygen atoms in total. The molecule has 1 amide bonds. The number of hydrogen-bond acceptors (Lipinski definition) is 3. The summed E-state index contributed by atoms with van der Waals surface area (Å²) in [5, 5.41) is 6.73. The number of benzene rings is 1. The molecule has 0 radical (unpaired) electrons. The SMILES string of the molecule is CC/C=C\c1cc(Cn2nc(C(=O)NC)cc2C=O)ccc1C. The highest BCUT2D eigenvalue weighted by molar-refractivity contribution is 5.93. The number of nitrogens with zero attached hydrogens (tertiary/aromatic N) is 2. The lowest BCUT2D eigenvalue weighted by Crippen LogP contribution is -2.18. The summed E-state index contributed by atoms with van der Waals surface area (Å²) >= 11 is 0. The standard InChI is InChI=1S/C18H21N3O2/c1-4-5-6-15-9-14(8-7-13(15)2)11-21-16(12-22)10-17(20-21)18(23)19-3/h5-10,12H,4,11H2,1-3H3,(H,19,23)/b6-5-. The second kappa shape index (κ2) is 7.54. The van der Waals surface area contributed by atoms with Crippen molar-refractivity contribution in [1.82, 2.24) is 15.1 Å². The predicted molar refractivity (Wildman–Crippen MR) is 90.6 cm³/mol. The fraction of sp³-hybridized carbons (Fsp3) is 0.278. The summed E-state index contributed by atoms with van der Waals surface area (Å²) in [6, 6.07) is 7.64. The van der Waals surface area contributed by atoms with Crippen LogP contribution in [-0.2, 0) is 6.54 Å². The molecule has 1 aromatic heterocycles. The van der Waals surface area contributed by atoms with Crippen LogP contribution in [0.15, 0.2) is 30.3 Å². The van der Waals surface area contributed by atoms with E-state index in [2.05, 4.69) is 48.5 Å². The van der Waals surface area contributed by atoms with Crippen LogP contribution in [0.1, 0.15) is 51.0 Å². The lowest BCUT2D eigenvalue weighted by Gasteiger charge is -2.07. The number of rotatable bonds is 6. The molecule has 0 atom stereocenters. The van der Waals surface area contributed by atoms with E-state index in [1.807, 2.05) is 6.07 Å². The van der Waals surface area contributed by atoms with Crippen LogP contribution in [0.4, 0.5) is 0 Å². The van der Waals surface area contributed by atoms with Gasteiger partial charge in [-0.2, -0.15) is 5.10 Å². The molecule has 2 aromatic rings. The van der Waals surface area contributed by atoms with E-state index in [9.17, 15) is 9.59 Å². The van der Waals surface area contributed by atoms with Crippen LogP contribution in [0.25, 0.3) is 6.08 Å². The Balaban J connectivity index is 2.31. The van der Waals surface area contributed by atoms with Gasteiger partial charge in [-0.3, -0.25) is 14.3 Å². The van der Waals surface area contributed by atoms with E-state index in [4.69, 9.17) is 0 Å². The molecular weight excluding hydrogens is 290 g/mol. The van der Waals surface area contributed by atoms with Crippen LogP contribution in [-0.4, -0.2) is 29.0 Å². The third kappa shape index (κ3) is 3.94. The van der Waals surface area contributed by atoms with Gasteiger partial charge in [-0.15, -0.1) is 0 Å².